The summed E-state index contributed by atoms with van der Waals surface area (Å²) >= 11 is 1.89. The van der Waals surface area contributed by atoms with Gasteiger partial charge in [-0.1, -0.05) is 75.9 Å². The van der Waals surface area contributed by atoms with Gasteiger partial charge >= 0.3 is 6.01 Å². The number of aromatic nitrogens is 3. The van der Waals surface area contributed by atoms with Crippen LogP contribution in [0.15, 0.2) is 64.4 Å². The Bertz CT molecular complexity index is 1130. The van der Waals surface area contributed by atoms with Crippen LogP contribution >= 0.6 is 11.8 Å². The van der Waals surface area contributed by atoms with Crippen molar-refractivity contribution in [2.45, 2.75) is 63.7 Å². The molecule has 0 saturated heterocycles. The maximum absolute atomic E-state index is 5.69. The molecule has 1 aliphatic heterocycles. The maximum atomic E-state index is 5.69. The first-order chi connectivity index (χ1) is 16.0. The van der Waals surface area contributed by atoms with E-state index in [4.69, 9.17) is 4.74 Å². The van der Waals surface area contributed by atoms with Gasteiger partial charge in [0, 0.05) is 22.9 Å². The van der Waals surface area contributed by atoms with Gasteiger partial charge in [-0.15, -0.1) is 0 Å². The molecule has 0 amide bonds. The van der Waals surface area contributed by atoms with E-state index in [9.17, 15) is 0 Å². The highest BCUT2D eigenvalue weighted by Crippen LogP contribution is 2.40. The normalized spacial score (nSPS) is 15.5. The standard InChI is InChI=1S/C27H32N4OS/c1-5-15-32-27-30-25(18(2)3)29-26(31-27)28-21-10-8-9-20(16-21)17-22-14-13-19(4)23-11-6-7-12-24(23)33-22/h6-12,14,16,18-19H,5,13,15,17H2,1-4H3,(H,28,29,30,31). The minimum Gasteiger partial charge on any atom is -0.463 e. The highest BCUT2D eigenvalue weighted by atomic mass is 32.2. The molecule has 0 saturated carbocycles. The number of thioether (sulfide) groups is 1. The smallest absolute Gasteiger partial charge is 0.321 e. The molecule has 0 spiro atoms. The van der Waals surface area contributed by atoms with E-state index in [0.717, 1.165) is 30.8 Å². The number of nitrogens with zero attached hydrogens (tertiary/aromatic N) is 3. The second kappa shape index (κ2) is 10.8. The molecule has 172 valence electrons. The zero-order valence-electron chi connectivity index (χ0n) is 19.8. The zero-order chi connectivity index (χ0) is 23.2. The van der Waals surface area contributed by atoms with E-state index >= 15 is 0 Å². The van der Waals surface area contributed by atoms with Crippen LogP contribution < -0.4 is 10.1 Å². The van der Waals surface area contributed by atoms with Crippen molar-refractivity contribution >= 4 is 23.4 Å². The Labute approximate surface area is 201 Å². The molecule has 0 radical (unpaired) electrons. The van der Waals surface area contributed by atoms with Crippen molar-refractivity contribution in [1.82, 2.24) is 15.0 Å². The number of hydrogen-bond donors (Lipinski definition) is 1. The van der Waals surface area contributed by atoms with Gasteiger partial charge in [0.15, 0.2) is 0 Å². The predicted octanol–water partition coefficient (Wildman–Crippen LogP) is 7.25. The van der Waals surface area contributed by atoms with E-state index in [-0.39, 0.29) is 5.92 Å². The molecule has 1 aromatic heterocycles. The average molecular weight is 461 g/mol. The second-order valence-corrected chi connectivity index (χ2v) is 9.92. The summed E-state index contributed by atoms with van der Waals surface area (Å²) in [4.78, 5) is 16.3. The van der Waals surface area contributed by atoms with Crippen LogP contribution in [-0.4, -0.2) is 21.6 Å². The van der Waals surface area contributed by atoms with Crippen LogP contribution in [0.4, 0.5) is 11.6 Å². The van der Waals surface area contributed by atoms with E-state index in [1.807, 2.05) is 17.8 Å². The topological polar surface area (TPSA) is 59.9 Å². The molecular weight excluding hydrogens is 428 g/mol. The van der Waals surface area contributed by atoms with E-state index < -0.39 is 0 Å². The first-order valence-electron chi connectivity index (χ1n) is 11.7. The molecule has 2 aromatic carbocycles. The third-order valence-corrected chi connectivity index (χ3v) is 6.70. The van der Waals surface area contributed by atoms with Gasteiger partial charge in [-0.3, -0.25) is 0 Å². The lowest BCUT2D eigenvalue weighted by Gasteiger charge is -2.12. The Hall–Kier alpha value is -2.86. The molecular formula is C27H32N4OS. The molecule has 2 heterocycles. The molecule has 3 aromatic rings. The van der Waals surface area contributed by atoms with Crippen LogP contribution in [0.5, 0.6) is 6.01 Å². The van der Waals surface area contributed by atoms with E-state index in [2.05, 4.69) is 96.5 Å². The molecule has 0 bridgehead atoms. The maximum Gasteiger partial charge on any atom is 0.321 e. The Morgan fingerprint density at radius 1 is 1.09 bits per heavy atom. The third-order valence-electron chi connectivity index (χ3n) is 5.54. The van der Waals surface area contributed by atoms with Gasteiger partial charge < -0.3 is 10.1 Å². The number of nitrogens with one attached hydrogen (secondary N) is 1. The van der Waals surface area contributed by atoms with Gasteiger partial charge in [-0.2, -0.15) is 15.0 Å². The van der Waals surface area contributed by atoms with Crippen molar-refractivity contribution in [3.8, 4) is 6.01 Å². The Kier molecular flexibility index (Phi) is 7.65. The van der Waals surface area contributed by atoms with Crippen molar-refractivity contribution < 1.29 is 4.74 Å². The van der Waals surface area contributed by atoms with Crippen molar-refractivity contribution in [2.75, 3.05) is 11.9 Å². The second-order valence-electron chi connectivity index (χ2n) is 8.75. The minimum atomic E-state index is 0.188. The Morgan fingerprint density at radius 2 is 1.94 bits per heavy atom. The largest absolute Gasteiger partial charge is 0.463 e. The molecule has 0 fully saturated rings. The monoisotopic (exact) mass is 460 g/mol. The SMILES string of the molecule is CCCOc1nc(Nc2cccc(CC3=CCC(C)c4ccccc4S3)c2)nc(C(C)C)n1. The quantitative estimate of drug-likeness (QED) is 0.382. The fourth-order valence-electron chi connectivity index (χ4n) is 3.74. The Balaban J connectivity index is 1.51. The van der Waals surface area contributed by atoms with Gasteiger partial charge in [0.05, 0.1) is 6.61 Å². The highest BCUT2D eigenvalue weighted by molar-refractivity contribution is 8.03. The fraction of sp³-hybridized carbons (Fsp3) is 0.370. The van der Waals surface area contributed by atoms with Crippen LogP contribution in [0.25, 0.3) is 0 Å². The van der Waals surface area contributed by atoms with E-state index in [1.165, 1.54) is 20.9 Å². The van der Waals surface area contributed by atoms with Gasteiger partial charge in [0.2, 0.25) is 5.95 Å². The van der Waals surface area contributed by atoms with Gasteiger partial charge in [0.25, 0.3) is 0 Å². The van der Waals surface area contributed by atoms with Crippen LogP contribution in [0.1, 0.15) is 69.3 Å². The summed E-state index contributed by atoms with van der Waals surface area (Å²) in [5.74, 6) is 1.97. The molecule has 5 nitrogen and oxygen atoms in total. The summed E-state index contributed by atoms with van der Waals surface area (Å²) in [6.07, 6.45) is 5.28. The number of ether oxygens (including phenoxy) is 1. The van der Waals surface area contributed by atoms with E-state index in [0.29, 0.717) is 24.5 Å². The third kappa shape index (κ3) is 6.14. The molecule has 0 aliphatic carbocycles. The average Bonchev–Trinajstić information content (AvgIpc) is 2.96. The molecule has 1 N–H and O–H groups in total. The van der Waals surface area contributed by atoms with Crippen molar-refractivity contribution in [3.05, 3.63) is 76.5 Å². The summed E-state index contributed by atoms with van der Waals surface area (Å²) in [7, 11) is 0. The molecule has 33 heavy (non-hydrogen) atoms. The zero-order valence-corrected chi connectivity index (χ0v) is 20.7. The van der Waals surface area contributed by atoms with E-state index in [1.54, 1.807) is 0 Å². The van der Waals surface area contributed by atoms with Crippen LogP contribution in [0, 0.1) is 0 Å². The van der Waals surface area contributed by atoms with Gasteiger partial charge in [-0.05, 0) is 53.0 Å². The Morgan fingerprint density at radius 3 is 2.76 bits per heavy atom. The van der Waals surface area contributed by atoms with Crippen LogP contribution in [-0.2, 0) is 6.42 Å². The summed E-state index contributed by atoms with van der Waals surface area (Å²) in [5, 5.41) is 3.36. The summed E-state index contributed by atoms with van der Waals surface area (Å²) in [5.41, 5.74) is 3.66. The van der Waals surface area contributed by atoms with Crippen LogP contribution in [0.3, 0.4) is 0 Å². The van der Waals surface area contributed by atoms with Gasteiger partial charge in [-0.25, -0.2) is 0 Å². The van der Waals surface area contributed by atoms with Crippen molar-refractivity contribution in [2.24, 2.45) is 0 Å². The van der Waals surface area contributed by atoms with Gasteiger partial charge in [0.1, 0.15) is 5.82 Å². The molecule has 6 heteroatoms. The number of rotatable bonds is 8. The lowest BCUT2D eigenvalue weighted by atomic mass is 9.97. The summed E-state index contributed by atoms with van der Waals surface area (Å²) in [6.45, 7) is 9.10. The molecule has 1 aliphatic rings. The molecule has 1 atom stereocenters. The van der Waals surface area contributed by atoms with Crippen LogP contribution in [0.2, 0.25) is 0 Å². The van der Waals surface area contributed by atoms with Crippen molar-refractivity contribution in [3.63, 3.8) is 0 Å². The first-order valence-corrected chi connectivity index (χ1v) is 12.5. The number of hydrogen-bond acceptors (Lipinski definition) is 6. The highest BCUT2D eigenvalue weighted by Gasteiger charge is 2.16. The minimum absolute atomic E-state index is 0.188. The fourth-order valence-corrected chi connectivity index (χ4v) is 4.97. The summed E-state index contributed by atoms with van der Waals surface area (Å²) < 4.78 is 5.69. The number of anilines is 2. The predicted molar refractivity (Wildman–Crippen MR) is 137 cm³/mol. The summed E-state index contributed by atoms with van der Waals surface area (Å²) in [6, 6.07) is 17.6. The molecule has 1 unspecified atom stereocenters. The number of allylic oxidation sites excluding steroid dienone is 2. The lowest BCUT2D eigenvalue weighted by Crippen LogP contribution is -2.09. The first kappa shape index (κ1) is 23.3. The number of benzene rings is 2. The molecule has 4 rings (SSSR count). The lowest BCUT2D eigenvalue weighted by molar-refractivity contribution is 0.290. The van der Waals surface area contributed by atoms with Crippen molar-refractivity contribution in [1.29, 1.82) is 0 Å². The number of fused-ring (bicyclic) bond motifs is 1.